The largest absolute Gasteiger partial charge is 0.461 e. The first kappa shape index (κ1) is 14.9. The zero-order valence-corrected chi connectivity index (χ0v) is 12.9. The second-order valence-electron chi connectivity index (χ2n) is 5.28. The molecule has 25 heavy (non-hydrogen) atoms. The number of hydrogen-bond acceptors (Lipinski definition) is 6. The number of amides is 1. The third-order valence-corrected chi connectivity index (χ3v) is 3.70. The topological polar surface area (TPSA) is 114 Å². The zero-order chi connectivity index (χ0) is 17.2. The molecule has 1 aromatic carbocycles. The van der Waals surface area contributed by atoms with E-state index < -0.39 is 5.91 Å². The lowest BCUT2D eigenvalue weighted by Gasteiger charge is -2.05. The molecule has 4 rings (SSSR count). The van der Waals surface area contributed by atoms with Crippen LogP contribution in [0, 0.1) is 0 Å². The van der Waals surface area contributed by atoms with Crippen molar-refractivity contribution in [3.63, 3.8) is 0 Å². The second kappa shape index (κ2) is 6.08. The molecule has 0 atom stereocenters. The van der Waals surface area contributed by atoms with Crippen molar-refractivity contribution in [3.8, 4) is 11.5 Å². The molecule has 8 nitrogen and oxygen atoms in total. The number of aromatic amines is 1. The Bertz CT molecular complexity index is 1100. The second-order valence-corrected chi connectivity index (χ2v) is 5.28. The van der Waals surface area contributed by atoms with Crippen LogP contribution in [0.1, 0.15) is 16.2 Å². The third-order valence-electron chi connectivity index (χ3n) is 3.70. The first-order valence-electron chi connectivity index (χ1n) is 7.47. The standard InChI is InChI=1S/C17H12N4O4/c22-16-11-5-2-1-4-10(11)13(19-20-16)9-18-17(23)12-8-15(25-21-12)14-6-3-7-24-14/h1-8H,9H2,(H,18,23)(H,20,22). The molecule has 0 saturated heterocycles. The summed E-state index contributed by atoms with van der Waals surface area (Å²) in [6.07, 6.45) is 1.50. The highest BCUT2D eigenvalue weighted by molar-refractivity contribution is 5.93. The van der Waals surface area contributed by atoms with Crippen molar-refractivity contribution >= 4 is 16.7 Å². The van der Waals surface area contributed by atoms with Gasteiger partial charge in [-0.25, -0.2) is 5.10 Å². The lowest BCUT2D eigenvalue weighted by Crippen LogP contribution is -2.25. The quantitative estimate of drug-likeness (QED) is 0.590. The molecule has 124 valence electrons. The van der Waals surface area contributed by atoms with E-state index in [0.717, 1.165) is 0 Å². The minimum Gasteiger partial charge on any atom is -0.461 e. The number of furan rings is 1. The van der Waals surface area contributed by atoms with E-state index >= 15 is 0 Å². The Morgan fingerprint density at radius 3 is 2.76 bits per heavy atom. The predicted molar refractivity (Wildman–Crippen MR) is 87.7 cm³/mol. The minimum atomic E-state index is -0.418. The van der Waals surface area contributed by atoms with Crippen LogP contribution in [-0.4, -0.2) is 21.3 Å². The maximum Gasteiger partial charge on any atom is 0.273 e. The van der Waals surface area contributed by atoms with Crippen LogP contribution >= 0.6 is 0 Å². The summed E-state index contributed by atoms with van der Waals surface area (Å²) in [7, 11) is 0. The molecule has 8 heteroatoms. The van der Waals surface area contributed by atoms with Gasteiger partial charge in [0.15, 0.2) is 11.5 Å². The fourth-order valence-corrected chi connectivity index (χ4v) is 2.48. The monoisotopic (exact) mass is 336 g/mol. The van der Waals surface area contributed by atoms with Crippen molar-refractivity contribution in [1.29, 1.82) is 0 Å². The molecule has 0 aliphatic heterocycles. The zero-order valence-electron chi connectivity index (χ0n) is 12.9. The van der Waals surface area contributed by atoms with Gasteiger partial charge < -0.3 is 14.3 Å². The van der Waals surface area contributed by atoms with Gasteiger partial charge in [0, 0.05) is 11.5 Å². The van der Waals surface area contributed by atoms with Crippen LogP contribution in [0.3, 0.4) is 0 Å². The Kier molecular flexibility index (Phi) is 3.62. The van der Waals surface area contributed by atoms with E-state index in [-0.39, 0.29) is 17.8 Å². The Balaban J connectivity index is 1.53. The SMILES string of the molecule is O=C(NCc1n[nH]c(=O)c2ccccc12)c1cc(-c2ccco2)on1. The molecule has 0 spiro atoms. The summed E-state index contributed by atoms with van der Waals surface area (Å²) in [5.74, 6) is 0.432. The summed E-state index contributed by atoms with van der Waals surface area (Å²) in [5, 5.41) is 14.1. The van der Waals surface area contributed by atoms with Gasteiger partial charge in [-0.05, 0) is 18.2 Å². The van der Waals surface area contributed by atoms with E-state index in [4.69, 9.17) is 8.94 Å². The van der Waals surface area contributed by atoms with E-state index in [1.807, 2.05) is 6.07 Å². The van der Waals surface area contributed by atoms with Gasteiger partial charge in [0.05, 0.1) is 23.9 Å². The first-order valence-corrected chi connectivity index (χ1v) is 7.47. The van der Waals surface area contributed by atoms with Gasteiger partial charge in [0.1, 0.15) is 0 Å². The number of carbonyl (C=O) groups excluding carboxylic acids is 1. The van der Waals surface area contributed by atoms with Gasteiger partial charge >= 0.3 is 0 Å². The van der Waals surface area contributed by atoms with E-state index in [2.05, 4.69) is 20.7 Å². The summed E-state index contributed by atoms with van der Waals surface area (Å²) in [5.41, 5.74) is 0.406. The molecule has 2 N–H and O–H groups in total. The molecule has 3 heterocycles. The smallest absolute Gasteiger partial charge is 0.273 e. The molecule has 0 radical (unpaired) electrons. The Labute approximate surface area is 140 Å². The van der Waals surface area contributed by atoms with Crippen molar-refractivity contribution in [2.45, 2.75) is 6.54 Å². The molecule has 0 bridgehead atoms. The van der Waals surface area contributed by atoms with Crippen molar-refractivity contribution in [2.75, 3.05) is 0 Å². The molecule has 1 amide bonds. The lowest BCUT2D eigenvalue weighted by molar-refractivity contribution is 0.0941. The fourth-order valence-electron chi connectivity index (χ4n) is 2.48. The highest BCUT2D eigenvalue weighted by Crippen LogP contribution is 2.20. The summed E-state index contributed by atoms with van der Waals surface area (Å²) in [4.78, 5) is 24.0. The molecule has 4 aromatic rings. The molecular weight excluding hydrogens is 324 g/mol. The molecule has 0 unspecified atom stereocenters. The summed E-state index contributed by atoms with van der Waals surface area (Å²) in [6.45, 7) is 0.138. The normalized spacial score (nSPS) is 10.9. The summed E-state index contributed by atoms with van der Waals surface area (Å²) < 4.78 is 10.3. The van der Waals surface area contributed by atoms with E-state index in [9.17, 15) is 9.59 Å². The van der Waals surface area contributed by atoms with Crippen molar-refractivity contribution in [1.82, 2.24) is 20.7 Å². The van der Waals surface area contributed by atoms with Crippen molar-refractivity contribution in [2.24, 2.45) is 0 Å². The average molecular weight is 336 g/mol. The minimum absolute atomic E-state index is 0.125. The van der Waals surface area contributed by atoms with Crippen molar-refractivity contribution in [3.05, 3.63) is 70.5 Å². The van der Waals surface area contributed by atoms with E-state index in [1.54, 1.807) is 30.3 Å². The average Bonchev–Trinajstić information content (AvgIpc) is 3.32. The Morgan fingerprint density at radius 1 is 1.12 bits per heavy atom. The Morgan fingerprint density at radius 2 is 1.96 bits per heavy atom. The van der Waals surface area contributed by atoms with Crippen molar-refractivity contribution < 1.29 is 13.7 Å². The van der Waals surface area contributed by atoms with E-state index in [1.165, 1.54) is 12.3 Å². The Hall–Kier alpha value is -3.68. The fraction of sp³-hybridized carbons (Fsp3) is 0.0588. The third kappa shape index (κ3) is 2.80. The van der Waals surface area contributed by atoms with Gasteiger partial charge in [-0.3, -0.25) is 9.59 Å². The van der Waals surface area contributed by atoms with Gasteiger partial charge in [-0.1, -0.05) is 23.4 Å². The molecule has 3 aromatic heterocycles. The van der Waals surface area contributed by atoms with Crippen LogP contribution < -0.4 is 10.9 Å². The summed E-state index contributed by atoms with van der Waals surface area (Å²) in [6, 6.07) is 12.0. The molecule has 0 saturated carbocycles. The van der Waals surface area contributed by atoms with Gasteiger partial charge in [-0.15, -0.1) is 0 Å². The number of rotatable bonds is 4. The number of fused-ring (bicyclic) bond motifs is 1. The highest BCUT2D eigenvalue weighted by atomic mass is 16.5. The van der Waals surface area contributed by atoms with Crippen LogP contribution in [0.5, 0.6) is 0 Å². The first-order chi connectivity index (χ1) is 12.2. The lowest BCUT2D eigenvalue weighted by atomic mass is 10.1. The van der Waals surface area contributed by atoms with Gasteiger partial charge in [0.2, 0.25) is 5.76 Å². The number of benzene rings is 1. The number of nitrogens with one attached hydrogen (secondary N) is 2. The van der Waals surface area contributed by atoms with Crippen LogP contribution in [-0.2, 0) is 6.54 Å². The molecule has 0 fully saturated rings. The molecular formula is C17H12N4O4. The van der Waals surface area contributed by atoms with E-state index in [0.29, 0.717) is 28.0 Å². The predicted octanol–water partition coefficient (Wildman–Crippen LogP) is 2.10. The highest BCUT2D eigenvalue weighted by Gasteiger charge is 2.15. The summed E-state index contributed by atoms with van der Waals surface area (Å²) >= 11 is 0. The maximum atomic E-state index is 12.2. The number of hydrogen-bond donors (Lipinski definition) is 2. The molecule has 0 aliphatic rings. The number of H-pyrrole nitrogens is 1. The van der Waals surface area contributed by atoms with Crippen LogP contribution in [0.2, 0.25) is 0 Å². The number of aromatic nitrogens is 3. The number of carbonyl (C=O) groups is 1. The maximum absolute atomic E-state index is 12.2. The van der Waals surface area contributed by atoms with Crippen LogP contribution in [0.25, 0.3) is 22.3 Å². The van der Waals surface area contributed by atoms with Gasteiger partial charge in [-0.2, -0.15) is 5.10 Å². The van der Waals surface area contributed by atoms with Gasteiger partial charge in [0.25, 0.3) is 11.5 Å². The van der Waals surface area contributed by atoms with Crippen LogP contribution in [0.15, 0.2) is 62.5 Å². The van der Waals surface area contributed by atoms with Crippen LogP contribution in [0.4, 0.5) is 0 Å². The number of nitrogens with zero attached hydrogens (tertiary/aromatic N) is 2. The molecule has 0 aliphatic carbocycles.